The van der Waals surface area contributed by atoms with E-state index in [1.807, 2.05) is 13.8 Å². The van der Waals surface area contributed by atoms with E-state index in [1.165, 1.54) is 0 Å². The molecule has 2 atom stereocenters. The van der Waals surface area contributed by atoms with Gasteiger partial charge >= 0.3 is 0 Å². The Morgan fingerprint density at radius 2 is 1.86 bits per heavy atom. The molecule has 2 aliphatic rings. The number of hydrogen-bond acceptors (Lipinski definition) is 5. The molecule has 3 rings (SSSR count). The fourth-order valence-electron chi connectivity index (χ4n) is 2.83. The summed E-state index contributed by atoms with van der Waals surface area (Å²) in [6, 6.07) is 3.31. The summed E-state index contributed by atoms with van der Waals surface area (Å²) in [6.45, 7) is 6.02. The summed E-state index contributed by atoms with van der Waals surface area (Å²) >= 11 is 6.18. The Balaban J connectivity index is 1.73. The van der Waals surface area contributed by atoms with Gasteiger partial charge in [0.05, 0.1) is 23.8 Å². The average Bonchev–Trinajstić information content (AvgIpc) is 2.83. The van der Waals surface area contributed by atoms with Gasteiger partial charge in [-0.3, -0.25) is 9.69 Å². The second-order valence-corrected chi connectivity index (χ2v) is 5.97. The molecule has 0 radical (unpaired) electrons. The van der Waals surface area contributed by atoms with Crippen molar-refractivity contribution in [1.29, 1.82) is 0 Å². The number of benzene rings is 1. The zero-order chi connectivity index (χ0) is 15.0. The Labute approximate surface area is 128 Å². The first-order chi connectivity index (χ1) is 10.0. The largest absolute Gasteiger partial charge is 0.454 e. The Bertz CT molecular complexity index is 553. The first-order valence-electron chi connectivity index (χ1n) is 7.03. The molecular weight excluding hydrogens is 294 g/mol. The predicted octanol–water partition coefficient (Wildman–Crippen LogP) is 2.36. The Morgan fingerprint density at radius 3 is 2.52 bits per heavy atom. The third-order valence-electron chi connectivity index (χ3n) is 3.63. The number of halogens is 1. The fourth-order valence-corrected chi connectivity index (χ4v) is 3.09. The summed E-state index contributed by atoms with van der Waals surface area (Å²) in [4.78, 5) is 14.6. The molecule has 2 aliphatic heterocycles. The molecule has 1 fully saturated rings. The minimum absolute atomic E-state index is 0.0143. The molecular formula is C15H18ClNO4. The van der Waals surface area contributed by atoms with E-state index in [0.717, 1.165) is 13.1 Å². The first kappa shape index (κ1) is 14.6. The minimum Gasteiger partial charge on any atom is -0.454 e. The summed E-state index contributed by atoms with van der Waals surface area (Å²) < 4.78 is 16.2. The number of carbonyl (C=O) groups is 1. The van der Waals surface area contributed by atoms with Crippen LogP contribution in [0, 0.1) is 0 Å². The van der Waals surface area contributed by atoms with Crippen molar-refractivity contribution in [2.75, 3.05) is 26.4 Å². The molecule has 21 heavy (non-hydrogen) atoms. The molecule has 114 valence electrons. The highest BCUT2D eigenvalue weighted by molar-refractivity contribution is 6.34. The van der Waals surface area contributed by atoms with Crippen LogP contribution in [0.15, 0.2) is 12.1 Å². The quantitative estimate of drug-likeness (QED) is 0.802. The maximum Gasteiger partial charge on any atom is 0.231 e. The van der Waals surface area contributed by atoms with Crippen LogP contribution in [-0.4, -0.2) is 49.3 Å². The Hall–Kier alpha value is -1.30. The third-order valence-corrected chi connectivity index (χ3v) is 3.94. The SMILES string of the molecule is CC1CN(CC(=O)c2cc3c(cc2Cl)OCO3)CC(C)O1. The molecule has 6 heteroatoms. The Kier molecular flexibility index (Phi) is 4.06. The van der Waals surface area contributed by atoms with Crippen LogP contribution in [0.3, 0.4) is 0 Å². The Morgan fingerprint density at radius 1 is 1.24 bits per heavy atom. The summed E-state index contributed by atoms with van der Waals surface area (Å²) in [5.41, 5.74) is 0.479. The molecule has 0 amide bonds. The molecule has 0 spiro atoms. The van der Waals surface area contributed by atoms with Gasteiger partial charge < -0.3 is 14.2 Å². The maximum absolute atomic E-state index is 12.5. The number of morpholine rings is 1. The van der Waals surface area contributed by atoms with Gasteiger partial charge in [-0.25, -0.2) is 0 Å². The summed E-state index contributed by atoms with van der Waals surface area (Å²) in [7, 11) is 0. The molecule has 1 saturated heterocycles. The van der Waals surface area contributed by atoms with Gasteiger partial charge in [-0.1, -0.05) is 11.6 Å². The first-order valence-corrected chi connectivity index (χ1v) is 7.41. The molecule has 0 N–H and O–H groups in total. The van der Waals surface area contributed by atoms with E-state index >= 15 is 0 Å². The van der Waals surface area contributed by atoms with Gasteiger partial charge in [0.2, 0.25) is 6.79 Å². The van der Waals surface area contributed by atoms with Crippen molar-refractivity contribution in [2.45, 2.75) is 26.1 Å². The van der Waals surface area contributed by atoms with Gasteiger partial charge in [-0.15, -0.1) is 0 Å². The van der Waals surface area contributed by atoms with Gasteiger partial charge in [-0.2, -0.15) is 0 Å². The number of hydrogen-bond donors (Lipinski definition) is 0. The molecule has 0 aliphatic carbocycles. The number of nitrogens with zero attached hydrogens (tertiary/aromatic N) is 1. The number of fused-ring (bicyclic) bond motifs is 1. The molecule has 1 aromatic rings. The van der Waals surface area contributed by atoms with Crippen LogP contribution < -0.4 is 9.47 Å². The van der Waals surface area contributed by atoms with E-state index in [9.17, 15) is 4.79 Å². The van der Waals surface area contributed by atoms with Crippen LogP contribution in [0.25, 0.3) is 0 Å². The second-order valence-electron chi connectivity index (χ2n) is 5.56. The molecule has 5 nitrogen and oxygen atoms in total. The molecule has 2 unspecified atom stereocenters. The number of carbonyl (C=O) groups excluding carboxylic acids is 1. The summed E-state index contributed by atoms with van der Waals surface area (Å²) in [6.07, 6.45) is 0.266. The molecule has 0 saturated carbocycles. The highest BCUT2D eigenvalue weighted by Crippen LogP contribution is 2.37. The summed E-state index contributed by atoms with van der Waals surface area (Å²) in [5.74, 6) is 1.15. The highest BCUT2D eigenvalue weighted by atomic mass is 35.5. The lowest BCUT2D eigenvalue weighted by molar-refractivity contribution is -0.0652. The average molecular weight is 312 g/mol. The number of ketones is 1. The van der Waals surface area contributed by atoms with Crippen LogP contribution in [0.1, 0.15) is 24.2 Å². The maximum atomic E-state index is 12.5. The monoisotopic (exact) mass is 311 g/mol. The van der Waals surface area contributed by atoms with Gasteiger partial charge in [-0.05, 0) is 19.9 Å². The van der Waals surface area contributed by atoms with E-state index < -0.39 is 0 Å². The van der Waals surface area contributed by atoms with Crippen molar-refractivity contribution in [3.63, 3.8) is 0 Å². The van der Waals surface area contributed by atoms with Gasteiger partial charge in [0, 0.05) is 24.7 Å². The summed E-state index contributed by atoms with van der Waals surface area (Å²) in [5, 5.41) is 0.401. The predicted molar refractivity (Wildman–Crippen MR) is 78.4 cm³/mol. The number of Topliss-reactive ketones (excluding diaryl/α,β-unsaturated/α-hetero) is 1. The van der Waals surface area contributed by atoms with Crippen LogP contribution in [0.2, 0.25) is 5.02 Å². The van der Waals surface area contributed by atoms with Crippen molar-refractivity contribution in [1.82, 2.24) is 4.90 Å². The van der Waals surface area contributed by atoms with E-state index in [-0.39, 0.29) is 24.8 Å². The van der Waals surface area contributed by atoms with Crippen molar-refractivity contribution in [3.8, 4) is 11.5 Å². The molecule has 2 heterocycles. The number of rotatable bonds is 3. The zero-order valence-corrected chi connectivity index (χ0v) is 12.9. The van der Waals surface area contributed by atoms with Crippen molar-refractivity contribution in [2.24, 2.45) is 0 Å². The topological polar surface area (TPSA) is 48.0 Å². The number of ether oxygens (including phenoxy) is 3. The molecule has 1 aromatic carbocycles. The van der Waals surface area contributed by atoms with Crippen molar-refractivity contribution >= 4 is 17.4 Å². The van der Waals surface area contributed by atoms with Gasteiger partial charge in [0.1, 0.15) is 0 Å². The van der Waals surface area contributed by atoms with Crippen LogP contribution in [-0.2, 0) is 4.74 Å². The molecule has 0 bridgehead atoms. The van der Waals surface area contributed by atoms with E-state index in [1.54, 1.807) is 12.1 Å². The van der Waals surface area contributed by atoms with Crippen molar-refractivity contribution < 1.29 is 19.0 Å². The van der Waals surface area contributed by atoms with Gasteiger partial charge in [0.25, 0.3) is 0 Å². The normalized spacial score (nSPS) is 25.1. The van der Waals surface area contributed by atoms with E-state index in [2.05, 4.69) is 4.90 Å². The van der Waals surface area contributed by atoms with Crippen molar-refractivity contribution in [3.05, 3.63) is 22.7 Å². The van der Waals surface area contributed by atoms with E-state index in [4.69, 9.17) is 25.8 Å². The van der Waals surface area contributed by atoms with Gasteiger partial charge in [0.15, 0.2) is 17.3 Å². The van der Waals surface area contributed by atoms with Crippen LogP contribution >= 0.6 is 11.6 Å². The lowest BCUT2D eigenvalue weighted by atomic mass is 10.1. The lowest BCUT2D eigenvalue weighted by Gasteiger charge is -2.34. The standard InChI is InChI=1S/C15H18ClNO4/c1-9-5-17(6-10(2)21-9)7-13(18)11-3-14-15(4-12(11)16)20-8-19-14/h3-4,9-10H,5-8H2,1-2H3. The van der Waals surface area contributed by atoms with Crippen LogP contribution in [0.4, 0.5) is 0 Å². The lowest BCUT2D eigenvalue weighted by Crippen LogP contribution is -2.47. The zero-order valence-electron chi connectivity index (χ0n) is 12.1. The second kappa shape index (κ2) is 5.83. The van der Waals surface area contributed by atoms with Crippen LogP contribution in [0.5, 0.6) is 11.5 Å². The third kappa shape index (κ3) is 3.15. The fraction of sp³-hybridized carbons (Fsp3) is 0.533. The minimum atomic E-state index is -0.0143. The smallest absolute Gasteiger partial charge is 0.231 e. The molecule has 0 aromatic heterocycles. The highest BCUT2D eigenvalue weighted by Gasteiger charge is 2.26. The van der Waals surface area contributed by atoms with E-state index in [0.29, 0.717) is 28.6 Å².